The Kier molecular flexibility index (Phi) is 7.80. The van der Waals surface area contributed by atoms with Crippen LogP contribution in [0, 0.1) is 17.5 Å². The van der Waals surface area contributed by atoms with Gasteiger partial charge in [-0.15, -0.1) is 0 Å². The van der Waals surface area contributed by atoms with Crippen molar-refractivity contribution in [1.29, 1.82) is 0 Å². The van der Waals surface area contributed by atoms with Crippen LogP contribution in [0.3, 0.4) is 0 Å². The van der Waals surface area contributed by atoms with Gasteiger partial charge in [-0.05, 0) is 54.4 Å². The molecule has 2 amide bonds. The smallest absolute Gasteiger partial charge is 0.319 e. The Morgan fingerprint density at radius 2 is 1.83 bits per heavy atom. The number of nitrogens with one attached hydrogen (secondary N) is 2. The minimum Gasteiger partial charge on any atom is -0.505 e. The number of carbonyl (C=O) groups excluding carboxylic acids is 2. The molecule has 3 aromatic rings. The molecule has 3 rings (SSSR count). The fourth-order valence-electron chi connectivity index (χ4n) is 3.38. The van der Waals surface area contributed by atoms with Crippen LogP contribution >= 0.6 is 0 Å². The molecule has 8 nitrogen and oxygen atoms in total. The summed E-state index contributed by atoms with van der Waals surface area (Å²) in [5.74, 6) is -3.73. The molecule has 0 saturated carbocycles. The maximum Gasteiger partial charge on any atom is 0.319 e. The zero-order chi connectivity index (χ0) is 25.7. The van der Waals surface area contributed by atoms with Crippen LogP contribution in [0.5, 0.6) is 5.75 Å². The average Bonchev–Trinajstić information content (AvgIpc) is 2.78. The molecule has 11 heteroatoms. The van der Waals surface area contributed by atoms with Crippen LogP contribution in [0.15, 0.2) is 53.5 Å². The fourth-order valence-corrected chi connectivity index (χ4v) is 3.38. The van der Waals surface area contributed by atoms with E-state index in [1.807, 2.05) is 0 Å². The summed E-state index contributed by atoms with van der Waals surface area (Å²) in [4.78, 5) is 37.0. The third-order valence-electron chi connectivity index (χ3n) is 5.03. The van der Waals surface area contributed by atoms with E-state index in [0.29, 0.717) is 6.07 Å². The molecular weight excluding hydrogens is 467 g/mol. The number of amides is 2. The predicted octanol–water partition coefficient (Wildman–Crippen LogP) is 3.99. The van der Waals surface area contributed by atoms with Crippen LogP contribution < -0.4 is 16.2 Å². The van der Waals surface area contributed by atoms with Crippen LogP contribution in [-0.4, -0.2) is 28.3 Å². The van der Waals surface area contributed by atoms with Crippen molar-refractivity contribution in [2.45, 2.75) is 19.4 Å². The van der Waals surface area contributed by atoms with E-state index in [1.165, 1.54) is 25.4 Å². The Bertz CT molecular complexity index is 1330. The highest BCUT2D eigenvalue weighted by molar-refractivity contribution is 5.91. The quantitative estimate of drug-likeness (QED) is 0.435. The lowest BCUT2D eigenvalue weighted by Crippen LogP contribution is -2.36. The minimum absolute atomic E-state index is 0.0446. The fraction of sp³-hybridized carbons (Fsp3) is 0.208. The number of aromatic nitrogens is 1. The van der Waals surface area contributed by atoms with Crippen molar-refractivity contribution in [3.8, 4) is 16.9 Å². The number of halogens is 3. The van der Waals surface area contributed by atoms with Crippen LogP contribution in [0.2, 0.25) is 0 Å². The number of hydrogen-bond acceptors (Lipinski definition) is 5. The lowest BCUT2D eigenvalue weighted by molar-refractivity contribution is -0.143. The molecule has 2 aromatic carbocycles. The molecule has 0 saturated heterocycles. The highest BCUT2D eigenvalue weighted by Crippen LogP contribution is 2.29. The number of hydrogen-bond donors (Lipinski definition) is 3. The minimum atomic E-state index is -1.17. The normalized spacial score (nSPS) is 11.6. The number of esters is 1. The number of aryl methyl sites for hydroxylation is 1. The van der Waals surface area contributed by atoms with E-state index in [2.05, 4.69) is 10.6 Å². The topological polar surface area (TPSA) is 110 Å². The molecule has 1 aromatic heterocycles. The Labute approximate surface area is 198 Å². The monoisotopic (exact) mass is 489 g/mol. The van der Waals surface area contributed by atoms with Gasteiger partial charge in [-0.3, -0.25) is 9.59 Å². The molecule has 1 atom stereocenters. The Balaban J connectivity index is 1.96. The summed E-state index contributed by atoms with van der Waals surface area (Å²) in [6.45, 7) is 1.64. The maximum atomic E-state index is 14.5. The van der Waals surface area contributed by atoms with Crippen molar-refractivity contribution in [1.82, 2.24) is 9.88 Å². The molecule has 0 fully saturated rings. The summed E-state index contributed by atoms with van der Waals surface area (Å²) < 4.78 is 48.1. The van der Waals surface area contributed by atoms with Crippen LogP contribution in [0.1, 0.15) is 24.9 Å². The van der Waals surface area contributed by atoms with Gasteiger partial charge in [-0.25, -0.2) is 18.0 Å². The number of carbonyl (C=O) groups is 2. The van der Waals surface area contributed by atoms with Crippen molar-refractivity contribution in [2.75, 3.05) is 11.9 Å². The van der Waals surface area contributed by atoms with E-state index >= 15 is 0 Å². The first-order chi connectivity index (χ1) is 16.6. The van der Waals surface area contributed by atoms with Gasteiger partial charge in [0.05, 0.1) is 19.1 Å². The molecule has 0 radical (unpaired) electrons. The Morgan fingerprint density at radius 3 is 2.51 bits per heavy atom. The number of rotatable bonds is 7. The zero-order valence-electron chi connectivity index (χ0n) is 18.8. The van der Waals surface area contributed by atoms with Crippen molar-refractivity contribution in [2.24, 2.45) is 7.05 Å². The van der Waals surface area contributed by atoms with E-state index in [9.17, 15) is 32.7 Å². The molecule has 0 unspecified atom stereocenters. The molecule has 0 bridgehead atoms. The summed E-state index contributed by atoms with van der Waals surface area (Å²) in [6, 6.07) is 5.25. The van der Waals surface area contributed by atoms with Crippen LogP contribution in [0.4, 0.5) is 23.7 Å². The van der Waals surface area contributed by atoms with Gasteiger partial charge in [0.15, 0.2) is 5.69 Å². The molecule has 3 N–H and O–H groups in total. The van der Waals surface area contributed by atoms with Crippen molar-refractivity contribution >= 4 is 17.7 Å². The van der Waals surface area contributed by atoms with Crippen LogP contribution in [-0.2, 0) is 16.6 Å². The summed E-state index contributed by atoms with van der Waals surface area (Å²) in [7, 11) is 1.41. The number of nitrogens with zero attached hydrogens (tertiary/aromatic N) is 1. The van der Waals surface area contributed by atoms with Gasteiger partial charge in [0, 0.05) is 24.9 Å². The van der Waals surface area contributed by atoms with Crippen molar-refractivity contribution < 1.29 is 32.6 Å². The standard InChI is InChI=1S/C24H22F3N3O5/c1-3-35-21(32)12-19(28-24(34)29-22-20(31)6-7-30(2)23(22)33)14-8-13(9-16(26)10-14)17-5-4-15(25)11-18(17)27/h4-11,19,31H,3,12H2,1-2H3,(H2,28,29,34)/t19-/m0/s1. The second-order valence-electron chi connectivity index (χ2n) is 7.55. The highest BCUT2D eigenvalue weighted by atomic mass is 19.1. The highest BCUT2D eigenvalue weighted by Gasteiger charge is 2.23. The second-order valence-corrected chi connectivity index (χ2v) is 7.55. The predicted molar refractivity (Wildman–Crippen MR) is 121 cm³/mol. The molecule has 0 aliphatic rings. The van der Waals surface area contributed by atoms with Crippen LogP contribution in [0.25, 0.3) is 11.1 Å². The van der Waals surface area contributed by atoms with E-state index < -0.39 is 58.9 Å². The third kappa shape index (κ3) is 6.19. The summed E-state index contributed by atoms with van der Waals surface area (Å²) in [5.41, 5.74) is -1.07. The number of ether oxygens (including phenoxy) is 1. The number of benzene rings is 2. The average molecular weight is 489 g/mol. The van der Waals surface area contributed by atoms with E-state index in [-0.39, 0.29) is 23.3 Å². The molecule has 1 heterocycles. The number of pyridine rings is 1. The second kappa shape index (κ2) is 10.8. The van der Waals surface area contributed by atoms with Crippen molar-refractivity contribution in [3.05, 3.63) is 82.0 Å². The first kappa shape index (κ1) is 25.3. The molecule has 35 heavy (non-hydrogen) atoms. The third-order valence-corrected chi connectivity index (χ3v) is 5.03. The SMILES string of the molecule is CCOC(=O)C[C@H](NC(=O)Nc1c(O)ccn(C)c1=O)c1cc(F)cc(-c2ccc(F)cc2F)c1. The van der Waals surface area contributed by atoms with Gasteiger partial charge in [-0.2, -0.15) is 0 Å². The first-order valence-corrected chi connectivity index (χ1v) is 10.5. The number of anilines is 1. The summed E-state index contributed by atoms with van der Waals surface area (Å²) >= 11 is 0. The maximum absolute atomic E-state index is 14.5. The van der Waals surface area contributed by atoms with Crippen molar-refractivity contribution in [3.63, 3.8) is 0 Å². The molecule has 184 valence electrons. The molecule has 0 spiro atoms. The summed E-state index contributed by atoms with van der Waals surface area (Å²) in [5, 5.41) is 14.6. The van der Waals surface area contributed by atoms with Gasteiger partial charge < -0.3 is 25.0 Å². The number of urea groups is 1. The Morgan fingerprint density at radius 1 is 1.09 bits per heavy atom. The summed E-state index contributed by atoms with van der Waals surface area (Å²) in [6.07, 6.45) is 0.877. The lowest BCUT2D eigenvalue weighted by Gasteiger charge is -2.20. The zero-order valence-corrected chi connectivity index (χ0v) is 18.8. The lowest BCUT2D eigenvalue weighted by atomic mass is 9.97. The van der Waals surface area contributed by atoms with E-state index in [4.69, 9.17) is 4.74 Å². The molecular formula is C24H22F3N3O5. The van der Waals surface area contributed by atoms with Gasteiger partial charge in [0.2, 0.25) is 0 Å². The van der Waals surface area contributed by atoms with Gasteiger partial charge in [0.25, 0.3) is 5.56 Å². The van der Waals surface area contributed by atoms with E-state index in [1.54, 1.807) is 6.92 Å². The molecule has 0 aliphatic carbocycles. The number of aromatic hydroxyl groups is 1. The molecule has 0 aliphatic heterocycles. The van der Waals surface area contributed by atoms with Gasteiger partial charge in [0.1, 0.15) is 23.2 Å². The van der Waals surface area contributed by atoms with Gasteiger partial charge in [-0.1, -0.05) is 0 Å². The van der Waals surface area contributed by atoms with E-state index in [0.717, 1.165) is 28.8 Å². The van der Waals surface area contributed by atoms with Gasteiger partial charge >= 0.3 is 12.0 Å². The largest absolute Gasteiger partial charge is 0.505 e. The Hall–Kier alpha value is -4.28. The first-order valence-electron chi connectivity index (χ1n) is 10.5.